The molecule has 0 spiro atoms. The summed E-state index contributed by atoms with van der Waals surface area (Å²) in [6, 6.07) is 2.82. The van der Waals surface area contributed by atoms with Gasteiger partial charge in [-0.15, -0.1) is 0 Å². The third kappa shape index (κ3) is 4.15. The zero-order valence-electron chi connectivity index (χ0n) is 5.76. The second kappa shape index (κ2) is 5.76. The van der Waals surface area contributed by atoms with Gasteiger partial charge in [0.05, 0.1) is 6.07 Å². The van der Waals surface area contributed by atoms with Crippen LogP contribution in [-0.2, 0) is 8.85 Å². The highest BCUT2D eigenvalue weighted by atomic mass is 28.3. The monoisotopic (exact) mass is 145 g/mol. The summed E-state index contributed by atoms with van der Waals surface area (Å²) >= 11 is 0. The van der Waals surface area contributed by atoms with Gasteiger partial charge in [-0.3, -0.25) is 0 Å². The molecule has 0 aliphatic heterocycles. The standard InChI is InChI=1S/C5H11NO2Si/c1-7-9(8-2)5-3-4-6/h9H,3,5H2,1-2H3. The lowest BCUT2D eigenvalue weighted by Crippen LogP contribution is -2.17. The van der Waals surface area contributed by atoms with E-state index in [1.807, 2.05) is 6.07 Å². The quantitative estimate of drug-likeness (QED) is 0.538. The van der Waals surface area contributed by atoms with Crippen LogP contribution in [-0.4, -0.2) is 23.5 Å². The molecule has 0 saturated carbocycles. The first-order chi connectivity index (χ1) is 4.35. The van der Waals surface area contributed by atoms with E-state index in [4.69, 9.17) is 14.1 Å². The Morgan fingerprint density at radius 1 is 1.44 bits per heavy atom. The number of hydrogen-bond acceptors (Lipinski definition) is 3. The molecule has 0 saturated heterocycles. The van der Waals surface area contributed by atoms with Gasteiger partial charge in [0, 0.05) is 26.7 Å². The molecule has 0 radical (unpaired) electrons. The Hall–Kier alpha value is -0.373. The summed E-state index contributed by atoms with van der Waals surface area (Å²) in [4.78, 5) is 0. The van der Waals surface area contributed by atoms with Gasteiger partial charge in [-0.2, -0.15) is 5.26 Å². The maximum absolute atomic E-state index is 8.17. The van der Waals surface area contributed by atoms with Crippen LogP contribution in [0.15, 0.2) is 0 Å². The van der Waals surface area contributed by atoms with Crippen LogP contribution in [0.4, 0.5) is 0 Å². The Bertz CT molecular complexity index is 97.6. The van der Waals surface area contributed by atoms with Gasteiger partial charge in [-0.1, -0.05) is 0 Å². The molecular formula is C5H11NO2Si. The van der Waals surface area contributed by atoms with Gasteiger partial charge in [0.25, 0.3) is 0 Å². The van der Waals surface area contributed by atoms with Crippen molar-refractivity contribution in [3.8, 4) is 6.07 Å². The van der Waals surface area contributed by atoms with Crippen LogP contribution in [0.1, 0.15) is 6.42 Å². The molecule has 0 aromatic rings. The summed E-state index contributed by atoms with van der Waals surface area (Å²) in [6.45, 7) is 0. The first-order valence-electron chi connectivity index (χ1n) is 2.77. The molecule has 0 heterocycles. The fraction of sp³-hybridized carbons (Fsp3) is 0.800. The fourth-order valence-corrected chi connectivity index (χ4v) is 1.54. The Morgan fingerprint density at radius 3 is 2.33 bits per heavy atom. The van der Waals surface area contributed by atoms with Crippen LogP contribution < -0.4 is 0 Å². The third-order valence-electron chi connectivity index (χ3n) is 1.02. The molecule has 0 atom stereocenters. The van der Waals surface area contributed by atoms with E-state index in [-0.39, 0.29) is 0 Å². The zero-order chi connectivity index (χ0) is 7.11. The first-order valence-corrected chi connectivity index (χ1v) is 4.53. The molecule has 4 heteroatoms. The van der Waals surface area contributed by atoms with Crippen molar-refractivity contribution >= 4 is 9.28 Å². The highest BCUT2D eigenvalue weighted by Crippen LogP contribution is 1.96. The van der Waals surface area contributed by atoms with Crippen LogP contribution in [0, 0.1) is 11.3 Å². The number of rotatable bonds is 4. The Labute approximate surface area is 57.0 Å². The van der Waals surface area contributed by atoms with Gasteiger partial charge in [0.2, 0.25) is 0 Å². The van der Waals surface area contributed by atoms with Crippen LogP contribution in [0.25, 0.3) is 0 Å². The summed E-state index contributed by atoms with van der Waals surface area (Å²) in [6.07, 6.45) is 0.540. The van der Waals surface area contributed by atoms with Crippen LogP contribution in [0.3, 0.4) is 0 Å². The lowest BCUT2D eigenvalue weighted by atomic mass is 10.6. The Morgan fingerprint density at radius 2 is 2.00 bits per heavy atom. The molecule has 0 amide bonds. The maximum Gasteiger partial charge on any atom is 0.321 e. The minimum absolute atomic E-state index is 0.540. The maximum atomic E-state index is 8.17. The van der Waals surface area contributed by atoms with Gasteiger partial charge in [-0.05, 0) is 0 Å². The van der Waals surface area contributed by atoms with E-state index in [0.29, 0.717) is 6.42 Å². The molecule has 0 rings (SSSR count). The van der Waals surface area contributed by atoms with E-state index in [1.54, 1.807) is 14.2 Å². The Kier molecular flexibility index (Phi) is 5.52. The fourth-order valence-electron chi connectivity index (χ4n) is 0.514. The molecule has 0 fully saturated rings. The summed E-state index contributed by atoms with van der Waals surface area (Å²) in [5, 5.41) is 8.17. The van der Waals surface area contributed by atoms with E-state index < -0.39 is 9.28 Å². The van der Waals surface area contributed by atoms with Crippen molar-refractivity contribution in [2.45, 2.75) is 12.5 Å². The summed E-state index contributed by atoms with van der Waals surface area (Å²) in [5.74, 6) is 0. The zero-order valence-corrected chi connectivity index (χ0v) is 6.91. The molecular weight excluding hydrogens is 134 g/mol. The van der Waals surface area contributed by atoms with Crippen molar-refractivity contribution in [1.82, 2.24) is 0 Å². The van der Waals surface area contributed by atoms with Crippen molar-refractivity contribution in [1.29, 1.82) is 5.26 Å². The molecule has 0 aromatic carbocycles. The first kappa shape index (κ1) is 8.63. The van der Waals surface area contributed by atoms with Crippen molar-refractivity contribution in [2.24, 2.45) is 0 Å². The van der Waals surface area contributed by atoms with E-state index >= 15 is 0 Å². The van der Waals surface area contributed by atoms with Crippen molar-refractivity contribution in [2.75, 3.05) is 14.2 Å². The summed E-state index contributed by atoms with van der Waals surface area (Å²) in [5.41, 5.74) is 0. The normalized spacial score (nSPS) is 9.56. The van der Waals surface area contributed by atoms with Gasteiger partial charge >= 0.3 is 9.28 Å². The molecule has 0 N–H and O–H groups in total. The van der Waals surface area contributed by atoms with E-state index in [0.717, 1.165) is 6.04 Å². The van der Waals surface area contributed by atoms with Crippen molar-refractivity contribution < 1.29 is 8.85 Å². The molecule has 9 heavy (non-hydrogen) atoms. The topological polar surface area (TPSA) is 42.2 Å². The number of nitriles is 1. The van der Waals surface area contributed by atoms with Crippen LogP contribution in [0.2, 0.25) is 6.04 Å². The summed E-state index contributed by atoms with van der Waals surface area (Å²) in [7, 11) is 1.81. The highest BCUT2D eigenvalue weighted by Gasteiger charge is 2.06. The van der Waals surface area contributed by atoms with E-state index in [9.17, 15) is 0 Å². The second-order valence-electron chi connectivity index (χ2n) is 1.60. The number of hydrogen-bond donors (Lipinski definition) is 0. The minimum atomic E-state index is -1.43. The highest BCUT2D eigenvalue weighted by molar-refractivity contribution is 6.44. The van der Waals surface area contributed by atoms with Gasteiger partial charge < -0.3 is 8.85 Å². The van der Waals surface area contributed by atoms with Gasteiger partial charge in [0.15, 0.2) is 0 Å². The minimum Gasteiger partial charge on any atom is -0.400 e. The molecule has 3 nitrogen and oxygen atoms in total. The lowest BCUT2D eigenvalue weighted by molar-refractivity contribution is 0.278. The molecule has 52 valence electrons. The average Bonchev–Trinajstić information content (AvgIpc) is 1.91. The second-order valence-corrected chi connectivity index (χ2v) is 3.98. The van der Waals surface area contributed by atoms with E-state index in [1.165, 1.54) is 0 Å². The predicted molar refractivity (Wildman–Crippen MR) is 36.2 cm³/mol. The van der Waals surface area contributed by atoms with Crippen molar-refractivity contribution in [3.63, 3.8) is 0 Å². The van der Waals surface area contributed by atoms with Crippen molar-refractivity contribution in [3.05, 3.63) is 0 Å². The van der Waals surface area contributed by atoms with Crippen LogP contribution in [0.5, 0.6) is 0 Å². The largest absolute Gasteiger partial charge is 0.400 e. The molecule has 0 aliphatic carbocycles. The average molecular weight is 145 g/mol. The number of nitrogens with zero attached hydrogens (tertiary/aromatic N) is 1. The van der Waals surface area contributed by atoms with Gasteiger partial charge in [-0.25, -0.2) is 0 Å². The smallest absolute Gasteiger partial charge is 0.321 e. The third-order valence-corrected chi connectivity index (χ3v) is 2.83. The Balaban J connectivity index is 3.22. The molecule has 0 unspecified atom stereocenters. The summed E-state index contributed by atoms with van der Waals surface area (Å²) < 4.78 is 9.93. The predicted octanol–water partition coefficient (Wildman–Crippen LogP) is 0.413. The lowest BCUT2D eigenvalue weighted by Gasteiger charge is -2.06. The molecule has 0 bridgehead atoms. The molecule has 0 aliphatic rings. The SMILES string of the molecule is CO[SiH](CCC#N)OC. The van der Waals surface area contributed by atoms with Crippen LogP contribution >= 0.6 is 0 Å². The molecule has 0 aromatic heterocycles. The van der Waals surface area contributed by atoms with Gasteiger partial charge in [0.1, 0.15) is 0 Å². The van der Waals surface area contributed by atoms with E-state index in [2.05, 4.69) is 0 Å².